The van der Waals surface area contributed by atoms with Gasteiger partial charge in [-0.25, -0.2) is 4.98 Å². The number of hydrogen-bond acceptors (Lipinski definition) is 7. The molecule has 0 aliphatic carbocycles. The number of cyclic esters (lactones) is 1. The van der Waals surface area contributed by atoms with Crippen molar-refractivity contribution in [1.82, 2.24) is 4.98 Å². The molecule has 33 heavy (non-hydrogen) atoms. The summed E-state index contributed by atoms with van der Waals surface area (Å²) in [5, 5.41) is 24.6. The third kappa shape index (κ3) is 8.85. The molecule has 1 aromatic heterocycles. The molecule has 2 rings (SSSR count). The molecule has 0 bridgehead atoms. The summed E-state index contributed by atoms with van der Waals surface area (Å²) in [6.07, 6.45) is 5.79. The number of thiazole rings is 1. The lowest BCUT2D eigenvalue weighted by Crippen LogP contribution is -2.40. The van der Waals surface area contributed by atoms with Crippen molar-refractivity contribution in [3.05, 3.63) is 33.3 Å². The Hall–Kier alpha value is -1.15. The Kier molecular flexibility index (Phi) is 10.7. The van der Waals surface area contributed by atoms with Crippen LogP contribution in [-0.4, -0.2) is 49.5 Å². The first-order valence-electron chi connectivity index (χ1n) is 11.9. The molecule has 1 aliphatic heterocycles. The monoisotopic (exact) mass is 495 g/mol. The number of aryl methyl sites for hydroxylation is 1. The second-order valence-electron chi connectivity index (χ2n) is 9.95. The van der Waals surface area contributed by atoms with E-state index in [9.17, 15) is 15.0 Å². The summed E-state index contributed by atoms with van der Waals surface area (Å²) in [5.74, 6) is -0.242. The predicted molar refractivity (Wildman–Crippen MR) is 140 cm³/mol. The van der Waals surface area contributed by atoms with Crippen LogP contribution in [-0.2, 0) is 9.53 Å². The van der Waals surface area contributed by atoms with Crippen LogP contribution in [0.3, 0.4) is 0 Å². The SMILES string of the molecule is CC1=CC[C@@H](C(C)=Cc2csc(C)n2)OC(=O)CC(O)C(C)(C)SC(C)C(O)C(C)CCC1. The van der Waals surface area contributed by atoms with Crippen molar-refractivity contribution in [3.8, 4) is 0 Å². The van der Waals surface area contributed by atoms with Crippen LogP contribution in [0, 0.1) is 12.8 Å². The van der Waals surface area contributed by atoms with Gasteiger partial charge in [0, 0.05) is 21.8 Å². The highest BCUT2D eigenvalue weighted by atomic mass is 32.2. The highest BCUT2D eigenvalue weighted by molar-refractivity contribution is 8.01. The standard InChI is InChI=1S/C26H41NO4S2/c1-16-9-8-10-17(2)25(30)19(4)33-26(6,7)23(28)14-24(29)31-22(12-11-16)18(3)13-21-15-32-20(5)27-21/h11,13,15,17,19,22-23,25,28,30H,8-10,12,14H2,1-7H3/t17?,19?,22-,23?,25?/m0/s1. The Morgan fingerprint density at radius 1 is 1.27 bits per heavy atom. The van der Waals surface area contributed by atoms with Crippen molar-refractivity contribution in [3.63, 3.8) is 0 Å². The minimum absolute atomic E-state index is 0.0512. The van der Waals surface area contributed by atoms with E-state index in [0.717, 1.165) is 35.5 Å². The lowest BCUT2D eigenvalue weighted by Gasteiger charge is -2.35. The Labute approximate surface area is 207 Å². The molecule has 0 fully saturated rings. The van der Waals surface area contributed by atoms with Crippen LogP contribution in [0.1, 0.15) is 84.3 Å². The first-order valence-corrected chi connectivity index (χ1v) is 13.6. The van der Waals surface area contributed by atoms with Gasteiger partial charge in [-0.2, -0.15) is 0 Å². The number of thioether (sulfide) groups is 1. The van der Waals surface area contributed by atoms with Crippen LogP contribution < -0.4 is 0 Å². The van der Waals surface area contributed by atoms with Crippen LogP contribution in [0.25, 0.3) is 6.08 Å². The van der Waals surface area contributed by atoms with E-state index in [4.69, 9.17) is 4.74 Å². The maximum Gasteiger partial charge on any atom is 0.309 e. The van der Waals surface area contributed by atoms with Gasteiger partial charge in [-0.05, 0) is 71.4 Å². The molecule has 0 aromatic carbocycles. The van der Waals surface area contributed by atoms with Gasteiger partial charge in [-0.3, -0.25) is 4.79 Å². The average Bonchev–Trinajstić information content (AvgIpc) is 3.13. The number of carbonyl (C=O) groups excluding carboxylic acids is 1. The van der Waals surface area contributed by atoms with E-state index in [0.29, 0.717) is 6.42 Å². The number of aromatic nitrogens is 1. The first-order chi connectivity index (χ1) is 15.4. The predicted octanol–water partition coefficient (Wildman–Crippen LogP) is 5.94. The summed E-state index contributed by atoms with van der Waals surface area (Å²) < 4.78 is 5.28. The van der Waals surface area contributed by atoms with E-state index in [2.05, 4.69) is 24.9 Å². The highest BCUT2D eigenvalue weighted by Gasteiger charge is 2.35. The van der Waals surface area contributed by atoms with Crippen molar-refractivity contribution >= 4 is 35.1 Å². The molecular formula is C26H41NO4S2. The smallest absolute Gasteiger partial charge is 0.309 e. The molecule has 1 aliphatic rings. The molecular weight excluding hydrogens is 454 g/mol. The Morgan fingerprint density at radius 3 is 2.61 bits per heavy atom. The zero-order chi connectivity index (χ0) is 24.8. The molecule has 1 aromatic rings. The molecule has 0 saturated heterocycles. The number of ether oxygens (including phenoxy) is 1. The van der Waals surface area contributed by atoms with Gasteiger partial charge in [0.05, 0.1) is 29.3 Å². The third-order valence-corrected chi connectivity index (χ3v) is 8.74. The molecule has 0 saturated carbocycles. The number of aliphatic hydroxyl groups is 2. The van der Waals surface area contributed by atoms with Gasteiger partial charge in [-0.15, -0.1) is 23.1 Å². The number of hydrogen-bond donors (Lipinski definition) is 2. The molecule has 4 unspecified atom stereocenters. The molecule has 7 heteroatoms. The molecule has 0 amide bonds. The summed E-state index contributed by atoms with van der Waals surface area (Å²) in [6.45, 7) is 14.0. The Morgan fingerprint density at radius 2 is 1.97 bits per heavy atom. The number of carbonyl (C=O) groups is 1. The summed E-state index contributed by atoms with van der Waals surface area (Å²) in [6, 6.07) is 0. The summed E-state index contributed by atoms with van der Waals surface area (Å²) in [4.78, 5) is 17.3. The van der Waals surface area contributed by atoms with Gasteiger partial charge < -0.3 is 14.9 Å². The normalized spacial score (nSPS) is 31.1. The minimum Gasteiger partial charge on any atom is -0.457 e. The van der Waals surface area contributed by atoms with Crippen LogP contribution >= 0.6 is 23.1 Å². The molecule has 5 atom stereocenters. The number of rotatable bonds is 2. The fraction of sp³-hybridized carbons (Fsp3) is 0.692. The van der Waals surface area contributed by atoms with Gasteiger partial charge in [0.25, 0.3) is 0 Å². The van der Waals surface area contributed by atoms with E-state index in [1.807, 2.05) is 46.1 Å². The van der Waals surface area contributed by atoms with Crippen molar-refractivity contribution < 1.29 is 19.7 Å². The summed E-state index contributed by atoms with van der Waals surface area (Å²) in [5.41, 5.74) is 3.07. The van der Waals surface area contributed by atoms with E-state index < -0.39 is 29.0 Å². The van der Waals surface area contributed by atoms with Gasteiger partial charge >= 0.3 is 5.97 Å². The van der Waals surface area contributed by atoms with E-state index in [1.165, 1.54) is 17.3 Å². The van der Waals surface area contributed by atoms with Gasteiger partial charge in [-0.1, -0.05) is 25.5 Å². The third-order valence-electron chi connectivity index (χ3n) is 6.42. The lowest BCUT2D eigenvalue weighted by atomic mass is 9.94. The van der Waals surface area contributed by atoms with Gasteiger partial charge in [0.15, 0.2) is 0 Å². The molecule has 2 N–H and O–H groups in total. The summed E-state index contributed by atoms with van der Waals surface area (Å²) >= 11 is 3.13. The van der Waals surface area contributed by atoms with Crippen molar-refractivity contribution in [2.45, 2.75) is 109 Å². The zero-order valence-electron chi connectivity index (χ0n) is 21.1. The molecule has 0 radical (unpaired) electrons. The highest BCUT2D eigenvalue weighted by Crippen LogP contribution is 2.37. The van der Waals surface area contributed by atoms with Crippen molar-refractivity contribution in [2.75, 3.05) is 0 Å². The maximum absolute atomic E-state index is 12.8. The maximum atomic E-state index is 12.8. The number of aliphatic hydroxyl groups excluding tert-OH is 2. The molecule has 2 heterocycles. The fourth-order valence-corrected chi connectivity index (χ4v) is 6.26. The average molecular weight is 496 g/mol. The topological polar surface area (TPSA) is 79.7 Å². The van der Waals surface area contributed by atoms with Gasteiger partial charge in [0.1, 0.15) is 6.10 Å². The second-order valence-corrected chi connectivity index (χ2v) is 13.0. The van der Waals surface area contributed by atoms with Crippen molar-refractivity contribution in [2.24, 2.45) is 5.92 Å². The van der Waals surface area contributed by atoms with Crippen molar-refractivity contribution in [1.29, 1.82) is 0 Å². The van der Waals surface area contributed by atoms with E-state index in [-0.39, 0.29) is 17.6 Å². The van der Waals surface area contributed by atoms with Crippen LogP contribution in [0.2, 0.25) is 0 Å². The van der Waals surface area contributed by atoms with Crippen LogP contribution in [0.5, 0.6) is 0 Å². The Balaban J connectivity index is 2.27. The molecule has 0 spiro atoms. The van der Waals surface area contributed by atoms with Gasteiger partial charge in [0.2, 0.25) is 0 Å². The quantitative estimate of drug-likeness (QED) is 0.391. The second kappa shape index (κ2) is 12.5. The lowest BCUT2D eigenvalue weighted by molar-refractivity contribution is -0.149. The van der Waals surface area contributed by atoms with E-state index in [1.54, 1.807) is 11.3 Å². The molecule has 186 valence electrons. The Bertz CT molecular complexity index is 845. The molecule has 5 nitrogen and oxygen atoms in total. The van der Waals surface area contributed by atoms with E-state index >= 15 is 0 Å². The zero-order valence-corrected chi connectivity index (χ0v) is 22.8. The first kappa shape index (κ1) is 28.1. The number of esters is 1. The fourth-order valence-electron chi connectivity index (χ4n) is 4.08. The largest absolute Gasteiger partial charge is 0.457 e. The number of nitrogens with zero attached hydrogens (tertiary/aromatic N) is 1. The number of allylic oxidation sites excluding steroid dienone is 1. The van der Waals surface area contributed by atoms with Crippen LogP contribution in [0.4, 0.5) is 0 Å². The minimum atomic E-state index is -0.878. The van der Waals surface area contributed by atoms with Crippen LogP contribution in [0.15, 0.2) is 22.6 Å². The summed E-state index contributed by atoms with van der Waals surface area (Å²) in [7, 11) is 0.